The highest BCUT2D eigenvalue weighted by molar-refractivity contribution is 5.73. The standard InChI is InChI=1S/C22H29NO8/c1-4-10-27-20(26)13(2)11-28-22-17(23-14(3)24)18(25)19-16(30-22)12-29-21(31-19)15-8-6-5-7-9-15/h4-9,13,16-19,21-22,25H,1,10-12H2,2-3H3,(H,23,24)/t13?,16?,17?,18-,19-,21?,22-/m1/s1. The predicted octanol–water partition coefficient (Wildman–Crippen LogP) is 1.07. The van der Waals surface area contributed by atoms with Gasteiger partial charge in [-0.1, -0.05) is 43.0 Å². The fourth-order valence-electron chi connectivity index (χ4n) is 3.49. The topological polar surface area (TPSA) is 113 Å². The van der Waals surface area contributed by atoms with Gasteiger partial charge in [0.05, 0.1) is 19.1 Å². The first-order chi connectivity index (χ1) is 14.9. The third-order valence-electron chi connectivity index (χ3n) is 5.06. The molecule has 9 nitrogen and oxygen atoms in total. The molecule has 0 aromatic heterocycles. The van der Waals surface area contributed by atoms with Crippen molar-refractivity contribution in [3.8, 4) is 0 Å². The lowest BCUT2D eigenvalue weighted by Gasteiger charge is -2.47. The van der Waals surface area contributed by atoms with Crippen molar-refractivity contribution in [1.29, 1.82) is 0 Å². The van der Waals surface area contributed by atoms with E-state index in [0.29, 0.717) is 0 Å². The van der Waals surface area contributed by atoms with Crippen molar-refractivity contribution < 1.29 is 38.4 Å². The lowest BCUT2D eigenvalue weighted by Crippen LogP contribution is -2.66. The molecule has 0 bridgehead atoms. The highest BCUT2D eigenvalue weighted by Crippen LogP contribution is 2.34. The van der Waals surface area contributed by atoms with Gasteiger partial charge >= 0.3 is 5.97 Å². The van der Waals surface area contributed by atoms with Crippen LogP contribution in [0.2, 0.25) is 0 Å². The van der Waals surface area contributed by atoms with E-state index in [4.69, 9.17) is 23.7 Å². The van der Waals surface area contributed by atoms with Crippen LogP contribution >= 0.6 is 0 Å². The number of nitrogens with one attached hydrogen (secondary N) is 1. The van der Waals surface area contributed by atoms with Crippen molar-refractivity contribution in [2.75, 3.05) is 19.8 Å². The van der Waals surface area contributed by atoms with Crippen molar-refractivity contribution in [2.24, 2.45) is 5.92 Å². The number of carbonyl (C=O) groups is 2. The molecular weight excluding hydrogens is 406 g/mol. The largest absolute Gasteiger partial charge is 0.461 e. The molecule has 0 aliphatic carbocycles. The molecule has 2 aliphatic heterocycles. The van der Waals surface area contributed by atoms with Crippen LogP contribution < -0.4 is 5.32 Å². The molecule has 1 aromatic rings. The minimum atomic E-state index is -1.11. The van der Waals surface area contributed by atoms with Gasteiger partial charge in [-0.2, -0.15) is 0 Å². The van der Waals surface area contributed by atoms with Crippen molar-refractivity contribution in [1.82, 2.24) is 5.32 Å². The SMILES string of the molecule is C=CCOC(=O)C(C)CO[C@@H]1OC2COC(c3ccccc3)O[C@H]2[C@H](O)C1NC(C)=O. The van der Waals surface area contributed by atoms with Gasteiger partial charge in [0, 0.05) is 12.5 Å². The average molecular weight is 435 g/mol. The Hall–Kier alpha value is -2.30. The summed E-state index contributed by atoms with van der Waals surface area (Å²) in [7, 11) is 0. The van der Waals surface area contributed by atoms with Gasteiger partial charge in [-0.3, -0.25) is 9.59 Å². The first-order valence-corrected chi connectivity index (χ1v) is 10.2. The highest BCUT2D eigenvalue weighted by atomic mass is 16.7. The third-order valence-corrected chi connectivity index (χ3v) is 5.06. The molecule has 9 heteroatoms. The van der Waals surface area contributed by atoms with Gasteiger partial charge in [-0.05, 0) is 6.92 Å². The number of esters is 1. The van der Waals surface area contributed by atoms with E-state index in [1.54, 1.807) is 6.92 Å². The number of aliphatic hydroxyl groups is 1. The summed E-state index contributed by atoms with van der Waals surface area (Å²) in [5, 5.41) is 13.6. The summed E-state index contributed by atoms with van der Waals surface area (Å²) in [5.74, 6) is -1.37. The Bertz CT molecular complexity index is 757. The smallest absolute Gasteiger partial charge is 0.311 e. The molecule has 7 atom stereocenters. The monoisotopic (exact) mass is 435 g/mol. The maximum atomic E-state index is 11.9. The fraction of sp³-hybridized carbons (Fsp3) is 0.545. The number of rotatable bonds is 8. The van der Waals surface area contributed by atoms with E-state index in [9.17, 15) is 14.7 Å². The van der Waals surface area contributed by atoms with E-state index in [1.165, 1.54) is 13.0 Å². The van der Waals surface area contributed by atoms with Gasteiger partial charge in [0.25, 0.3) is 0 Å². The summed E-state index contributed by atoms with van der Waals surface area (Å²) in [6.45, 7) is 6.75. The number of hydrogen-bond acceptors (Lipinski definition) is 8. The molecule has 2 N–H and O–H groups in total. The second-order valence-corrected chi connectivity index (χ2v) is 7.59. The summed E-state index contributed by atoms with van der Waals surface area (Å²) >= 11 is 0. The summed E-state index contributed by atoms with van der Waals surface area (Å²) in [5.41, 5.74) is 0.814. The molecule has 2 heterocycles. The van der Waals surface area contributed by atoms with Gasteiger partial charge in [-0.25, -0.2) is 0 Å². The van der Waals surface area contributed by atoms with Crippen LogP contribution in [0.3, 0.4) is 0 Å². The number of hydrogen-bond donors (Lipinski definition) is 2. The second-order valence-electron chi connectivity index (χ2n) is 7.59. The first-order valence-electron chi connectivity index (χ1n) is 10.2. The molecule has 0 saturated carbocycles. The predicted molar refractivity (Wildman–Crippen MR) is 109 cm³/mol. The van der Waals surface area contributed by atoms with Crippen molar-refractivity contribution in [3.63, 3.8) is 0 Å². The van der Waals surface area contributed by atoms with E-state index >= 15 is 0 Å². The number of ether oxygens (including phenoxy) is 5. The Morgan fingerprint density at radius 2 is 2.06 bits per heavy atom. The number of fused-ring (bicyclic) bond motifs is 1. The maximum Gasteiger partial charge on any atom is 0.311 e. The van der Waals surface area contributed by atoms with Crippen molar-refractivity contribution >= 4 is 11.9 Å². The maximum absolute atomic E-state index is 11.9. The Morgan fingerprint density at radius 3 is 2.74 bits per heavy atom. The Balaban J connectivity index is 1.66. The third kappa shape index (κ3) is 5.90. The number of benzene rings is 1. The fourth-order valence-corrected chi connectivity index (χ4v) is 3.49. The Morgan fingerprint density at radius 1 is 1.32 bits per heavy atom. The zero-order chi connectivity index (χ0) is 22.4. The second kappa shape index (κ2) is 10.8. The van der Waals surface area contributed by atoms with Crippen LogP contribution in [0.1, 0.15) is 25.7 Å². The van der Waals surface area contributed by atoms with Gasteiger partial charge in [0.2, 0.25) is 5.91 Å². The minimum absolute atomic E-state index is 0.0187. The normalized spacial score (nSPS) is 31.2. The van der Waals surface area contributed by atoms with Crippen LogP contribution in [0.25, 0.3) is 0 Å². The lowest BCUT2D eigenvalue weighted by molar-refractivity contribution is -0.344. The molecule has 2 fully saturated rings. The van der Waals surface area contributed by atoms with Crippen LogP contribution in [0, 0.1) is 5.92 Å². The van der Waals surface area contributed by atoms with E-state index in [2.05, 4.69) is 11.9 Å². The zero-order valence-electron chi connectivity index (χ0n) is 17.6. The molecule has 3 rings (SSSR count). The molecule has 4 unspecified atom stereocenters. The van der Waals surface area contributed by atoms with Crippen LogP contribution in [0.5, 0.6) is 0 Å². The quantitative estimate of drug-likeness (QED) is 0.461. The van der Waals surface area contributed by atoms with Crippen LogP contribution in [0.4, 0.5) is 0 Å². The Kier molecular flexibility index (Phi) is 8.16. The number of carbonyl (C=O) groups excluding carboxylic acids is 2. The van der Waals surface area contributed by atoms with E-state index in [0.717, 1.165) is 5.56 Å². The lowest BCUT2D eigenvalue weighted by atomic mass is 9.95. The average Bonchev–Trinajstić information content (AvgIpc) is 2.78. The molecule has 31 heavy (non-hydrogen) atoms. The summed E-state index contributed by atoms with van der Waals surface area (Å²) in [4.78, 5) is 23.7. The molecule has 2 saturated heterocycles. The van der Waals surface area contributed by atoms with Crippen LogP contribution in [-0.2, 0) is 33.3 Å². The van der Waals surface area contributed by atoms with E-state index in [-0.39, 0.29) is 25.7 Å². The van der Waals surface area contributed by atoms with Gasteiger partial charge in [0.1, 0.15) is 31.0 Å². The summed E-state index contributed by atoms with van der Waals surface area (Å²) < 4.78 is 28.5. The molecule has 0 radical (unpaired) electrons. The number of aliphatic hydroxyl groups excluding tert-OH is 1. The van der Waals surface area contributed by atoms with Gasteiger partial charge in [0.15, 0.2) is 12.6 Å². The molecule has 0 spiro atoms. The van der Waals surface area contributed by atoms with Gasteiger partial charge < -0.3 is 34.1 Å². The van der Waals surface area contributed by atoms with Gasteiger partial charge in [-0.15, -0.1) is 0 Å². The van der Waals surface area contributed by atoms with E-state index in [1.807, 2.05) is 30.3 Å². The molecule has 170 valence electrons. The molecular formula is C22H29NO8. The zero-order valence-corrected chi connectivity index (χ0v) is 17.6. The molecule has 1 aromatic carbocycles. The molecule has 2 aliphatic rings. The van der Waals surface area contributed by atoms with Crippen molar-refractivity contribution in [3.05, 3.63) is 48.6 Å². The van der Waals surface area contributed by atoms with Crippen molar-refractivity contribution in [2.45, 2.75) is 50.8 Å². The molecule has 1 amide bonds. The minimum Gasteiger partial charge on any atom is -0.461 e. The first kappa shape index (κ1) is 23.4. The van der Waals surface area contributed by atoms with E-state index < -0.39 is 48.8 Å². The van der Waals surface area contributed by atoms with Crippen LogP contribution in [0.15, 0.2) is 43.0 Å². The summed E-state index contributed by atoms with van der Waals surface area (Å²) in [6.07, 6.45) is -2.61. The summed E-state index contributed by atoms with van der Waals surface area (Å²) in [6, 6.07) is 8.47. The van der Waals surface area contributed by atoms with Crippen LogP contribution in [-0.4, -0.2) is 67.4 Å². The number of amides is 1. The Labute approximate surface area is 181 Å². The highest BCUT2D eigenvalue weighted by Gasteiger charge is 2.50.